The van der Waals surface area contributed by atoms with E-state index in [2.05, 4.69) is 26.1 Å². The Morgan fingerprint density at radius 3 is 2.00 bits per heavy atom. The molecule has 5 nitrogen and oxygen atoms in total. The quantitative estimate of drug-likeness (QED) is 0.673. The summed E-state index contributed by atoms with van der Waals surface area (Å²) in [6, 6.07) is 0. The van der Waals surface area contributed by atoms with Crippen molar-refractivity contribution in [3.8, 4) is 0 Å². The summed E-state index contributed by atoms with van der Waals surface area (Å²) in [5, 5.41) is 2.76. The summed E-state index contributed by atoms with van der Waals surface area (Å²) in [5.74, 6) is -0.661. The van der Waals surface area contributed by atoms with Gasteiger partial charge in [-0.3, -0.25) is 9.35 Å². The van der Waals surface area contributed by atoms with Gasteiger partial charge in [0.15, 0.2) is 0 Å². The van der Waals surface area contributed by atoms with Crippen LogP contribution in [0.3, 0.4) is 0 Å². The minimum absolute atomic E-state index is 0.0550. The summed E-state index contributed by atoms with van der Waals surface area (Å²) in [6.07, 6.45) is 1.72. The Morgan fingerprint density at radius 1 is 1.19 bits per heavy atom. The molecule has 6 heteroatoms. The monoisotopic (exact) mass is 321 g/mol. The number of hydrogen-bond acceptors (Lipinski definition) is 3. The minimum atomic E-state index is -4.13. The third-order valence-electron chi connectivity index (χ3n) is 3.88. The average molecular weight is 321 g/mol. The van der Waals surface area contributed by atoms with E-state index in [0.717, 1.165) is 12.8 Å². The van der Waals surface area contributed by atoms with Crippen LogP contribution in [0.1, 0.15) is 61.3 Å². The summed E-state index contributed by atoms with van der Waals surface area (Å²) < 4.78 is 31.0. The van der Waals surface area contributed by atoms with Crippen LogP contribution < -0.4 is 5.32 Å². The molecule has 0 aliphatic carbocycles. The summed E-state index contributed by atoms with van der Waals surface area (Å²) in [5.41, 5.74) is -0.937. The average Bonchev–Trinajstić information content (AvgIpc) is 2.21. The molecule has 0 aromatic rings. The van der Waals surface area contributed by atoms with Crippen LogP contribution in [0.25, 0.3) is 0 Å². The molecule has 0 saturated heterocycles. The highest BCUT2D eigenvalue weighted by Gasteiger charge is 2.33. The van der Waals surface area contributed by atoms with Gasteiger partial charge in [0.05, 0.1) is 11.3 Å². The van der Waals surface area contributed by atoms with Crippen LogP contribution in [0, 0.1) is 17.3 Å². The molecule has 1 unspecified atom stereocenters. The van der Waals surface area contributed by atoms with Crippen LogP contribution in [-0.4, -0.2) is 30.2 Å². The molecular weight excluding hydrogens is 290 g/mol. The Bertz CT molecular complexity index is 452. The van der Waals surface area contributed by atoms with E-state index in [1.807, 2.05) is 13.8 Å². The van der Waals surface area contributed by atoms with Gasteiger partial charge in [0.2, 0.25) is 5.91 Å². The Labute approximate surface area is 129 Å². The lowest BCUT2D eigenvalue weighted by atomic mass is 9.76. The summed E-state index contributed by atoms with van der Waals surface area (Å²) in [4.78, 5) is 12.5. The second-order valence-electron chi connectivity index (χ2n) is 7.67. The van der Waals surface area contributed by atoms with E-state index in [4.69, 9.17) is 4.55 Å². The van der Waals surface area contributed by atoms with E-state index in [9.17, 15) is 13.2 Å². The van der Waals surface area contributed by atoms with Crippen molar-refractivity contribution in [2.24, 2.45) is 17.3 Å². The molecule has 0 rings (SSSR count). The Hall–Kier alpha value is -0.620. The molecule has 21 heavy (non-hydrogen) atoms. The first-order valence-electron chi connectivity index (χ1n) is 7.46. The fraction of sp³-hybridized carbons (Fsp3) is 0.933. The van der Waals surface area contributed by atoms with Crippen molar-refractivity contribution >= 4 is 16.0 Å². The molecule has 0 heterocycles. The maximum Gasteiger partial charge on any atom is 0.267 e. The predicted molar refractivity (Wildman–Crippen MR) is 85.7 cm³/mol. The van der Waals surface area contributed by atoms with Crippen LogP contribution in [0.2, 0.25) is 0 Å². The van der Waals surface area contributed by atoms with E-state index in [-0.39, 0.29) is 23.2 Å². The molecule has 1 atom stereocenters. The topological polar surface area (TPSA) is 83.5 Å². The molecular formula is C15H31NO4S. The maximum atomic E-state index is 12.5. The second kappa shape index (κ2) is 7.09. The Morgan fingerprint density at radius 2 is 1.67 bits per heavy atom. The normalized spacial score (nSPS) is 15.1. The van der Waals surface area contributed by atoms with E-state index in [1.165, 1.54) is 0 Å². The van der Waals surface area contributed by atoms with Crippen molar-refractivity contribution in [3.63, 3.8) is 0 Å². The highest BCUT2D eigenvalue weighted by Crippen LogP contribution is 2.32. The van der Waals surface area contributed by atoms with Crippen molar-refractivity contribution < 1.29 is 17.8 Å². The molecule has 0 fully saturated rings. The van der Waals surface area contributed by atoms with Gasteiger partial charge in [-0.2, -0.15) is 8.42 Å². The van der Waals surface area contributed by atoms with Gasteiger partial charge in [-0.1, -0.05) is 41.0 Å². The van der Waals surface area contributed by atoms with E-state index < -0.39 is 21.4 Å². The third kappa shape index (κ3) is 8.41. The zero-order chi connectivity index (χ0) is 17.1. The van der Waals surface area contributed by atoms with E-state index >= 15 is 0 Å². The molecule has 0 aromatic carbocycles. The van der Waals surface area contributed by atoms with Gasteiger partial charge in [-0.05, 0) is 31.6 Å². The molecule has 0 spiro atoms. The fourth-order valence-electron chi connectivity index (χ4n) is 2.29. The largest absolute Gasteiger partial charge is 0.350 e. The first-order chi connectivity index (χ1) is 9.19. The second-order valence-corrected chi connectivity index (χ2v) is 9.12. The van der Waals surface area contributed by atoms with Crippen LogP contribution in [0.5, 0.6) is 0 Å². The standard InChI is InChI=1S/C15H31NO4S/c1-8-14(4,5)9-12(11(2)3)13(17)16-15(6,7)10-21(18,19)20/h11-12H,8-10H2,1-7H3,(H,16,17)(H,18,19,20). The first-order valence-corrected chi connectivity index (χ1v) is 9.07. The molecule has 0 aliphatic rings. The number of carbonyl (C=O) groups is 1. The van der Waals surface area contributed by atoms with Gasteiger partial charge in [-0.15, -0.1) is 0 Å². The predicted octanol–water partition coefficient (Wildman–Crippen LogP) is 2.87. The zero-order valence-electron chi connectivity index (χ0n) is 14.4. The number of carbonyl (C=O) groups excluding carboxylic acids is 1. The molecule has 0 saturated carbocycles. The van der Waals surface area contributed by atoms with Gasteiger partial charge < -0.3 is 5.32 Å². The lowest BCUT2D eigenvalue weighted by molar-refractivity contribution is -0.129. The van der Waals surface area contributed by atoms with Crippen molar-refractivity contribution in [3.05, 3.63) is 0 Å². The number of hydrogen-bond donors (Lipinski definition) is 2. The van der Waals surface area contributed by atoms with Crippen LogP contribution >= 0.6 is 0 Å². The van der Waals surface area contributed by atoms with Crippen molar-refractivity contribution in [1.29, 1.82) is 0 Å². The Kier molecular flexibility index (Phi) is 6.88. The molecule has 0 bridgehead atoms. The lowest BCUT2D eigenvalue weighted by Gasteiger charge is -2.33. The molecule has 2 N–H and O–H groups in total. The number of amides is 1. The molecule has 126 valence electrons. The molecule has 0 radical (unpaired) electrons. The highest BCUT2D eigenvalue weighted by atomic mass is 32.2. The number of rotatable bonds is 8. The fourth-order valence-corrected chi connectivity index (χ4v) is 3.27. The SMILES string of the molecule is CCC(C)(C)CC(C(=O)NC(C)(C)CS(=O)(=O)O)C(C)C. The van der Waals surface area contributed by atoms with Crippen molar-refractivity contribution in [2.45, 2.75) is 66.8 Å². The number of nitrogens with one attached hydrogen (secondary N) is 1. The zero-order valence-corrected chi connectivity index (χ0v) is 15.2. The van der Waals surface area contributed by atoms with Crippen LogP contribution in [0.4, 0.5) is 0 Å². The highest BCUT2D eigenvalue weighted by molar-refractivity contribution is 7.85. The minimum Gasteiger partial charge on any atom is -0.350 e. The Balaban J connectivity index is 5.00. The summed E-state index contributed by atoms with van der Waals surface area (Å²) in [6.45, 7) is 13.5. The van der Waals surface area contributed by atoms with E-state index in [1.54, 1.807) is 13.8 Å². The molecule has 0 aromatic heterocycles. The first kappa shape index (κ1) is 20.4. The van der Waals surface area contributed by atoms with E-state index in [0.29, 0.717) is 0 Å². The smallest absolute Gasteiger partial charge is 0.267 e. The van der Waals surface area contributed by atoms with Gasteiger partial charge in [0.25, 0.3) is 10.1 Å². The van der Waals surface area contributed by atoms with Crippen LogP contribution in [0.15, 0.2) is 0 Å². The van der Waals surface area contributed by atoms with Crippen LogP contribution in [-0.2, 0) is 14.9 Å². The molecule has 1 amide bonds. The summed E-state index contributed by atoms with van der Waals surface area (Å²) in [7, 11) is -4.13. The third-order valence-corrected chi connectivity index (χ3v) is 4.96. The summed E-state index contributed by atoms with van der Waals surface area (Å²) >= 11 is 0. The van der Waals surface area contributed by atoms with Gasteiger partial charge >= 0.3 is 0 Å². The van der Waals surface area contributed by atoms with Gasteiger partial charge in [0.1, 0.15) is 0 Å². The molecule has 0 aliphatic heterocycles. The maximum absolute atomic E-state index is 12.5. The van der Waals surface area contributed by atoms with Crippen molar-refractivity contribution in [1.82, 2.24) is 5.32 Å². The van der Waals surface area contributed by atoms with Gasteiger partial charge in [-0.25, -0.2) is 0 Å². The van der Waals surface area contributed by atoms with Gasteiger partial charge in [0, 0.05) is 5.92 Å². The van der Waals surface area contributed by atoms with Crippen molar-refractivity contribution in [2.75, 3.05) is 5.75 Å². The lowest BCUT2D eigenvalue weighted by Crippen LogP contribution is -2.51.